The van der Waals surface area contributed by atoms with Gasteiger partial charge in [-0.1, -0.05) is 0 Å². The number of piperidine rings is 1. The van der Waals surface area contributed by atoms with Gasteiger partial charge in [-0.15, -0.1) is 0 Å². The van der Waals surface area contributed by atoms with Crippen molar-refractivity contribution in [1.82, 2.24) is 9.80 Å². The zero-order valence-electron chi connectivity index (χ0n) is 10.8. The third-order valence-corrected chi connectivity index (χ3v) is 3.90. The summed E-state index contributed by atoms with van der Waals surface area (Å²) >= 11 is 0. The van der Waals surface area contributed by atoms with Crippen LogP contribution in [0.1, 0.15) is 26.7 Å². The average molecular weight is 213 g/mol. The SMILES string of the molecule is CN(C)CCN1CCCC(CN)C1(C)C. The van der Waals surface area contributed by atoms with Crippen LogP contribution in [0.15, 0.2) is 0 Å². The summed E-state index contributed by atoms with van der Waals surface area (Å²) in [5.41, 5.74) is 6.14. The zero-order valence-corrected chi connectivity index (χ0v) is 10.8. The third kappa shape index (κ3) is 3.16. The van der Waals surface area contributed by atoms with E-state index >= 15 is 0 Å². The molecule has 90 valence electrons. The Labute approximate surface area is 94.6 Å². The molecule has 0 aromatic rings. The van der Waals surface area contributed by atoms with Gasteiger partial charge in [0.2, 0.25) is 0 Å². The van der Waals surface area contributed by atoms with Crippen molar-refractivity contribution in [2.45, 2.75) is 32.2 Å². The van der Waals surface area contributed by atoms with Crippen LogP contribution < -0.4 is 5.73 Å². The molecule has 0 saturated carbocycles. The lowest BCUT2D eigenvalue weighted by atomic mass is 9.79. The minimum absolute atomic E-state index is 0.281. The van der Waals surface area contributed by atoms with E-state index < -0.39 is 0 Å². The van der Waals surface area contributed by atoms with Gasteiger partial charge in [-0.2, -0.15) is 0 Å². The summed E-state index contributed by atoms with van der Waals surface area (Å²) in [6.07, 6.45) is 2.60. The fourth-order valence-corrected chi connectivity index (χ4v) is 2.56. The first-order valence-electron chi connectivity index (χ1n) is 6.08. The Hall–Kier alpha value is -0.120. The first-order valence-corrected chi connectivity index (χ1v) is 6.08. The van der Waals surface area contributed by atoms with Crippen LogP contribution in [0.4, 0.5) is 0 Å². The molecule has 1 atom stereocenters. The standard InChI is InChI=1S/C12H27N3/c1-12(2)11(10-13)6-5-7-15(12)9-8-14(3)4/h11H,5-10,13H2,1-4H3. The molecule has 0 bridgehead atoms. The second kappa shape index (κ2) is 5.28. The largest absolute Gasteiger partial charge is 0.330 e. The molecule has 1 rings (SSSR count). The van der Waals surface area contributed by atoms with Crippen molar-refractivity contribution in [3.63, 3.8) is 0 Å². The van der Waals surface area contributed by atoms with Crippen molar-refractivity contribution in [1.29, 1.82) is 0 Å². The van der Waals surface area contributed by atoms with Crippen LogP contribution >= 0.6 is 0 Å². The van der Waals surface area contributed by atoms with E-state index in [0.29, 0.717) is 5.92 Å². The van der Waals surface area contributed by atoms with E-state index in [9.17, 15) is 0 Å². The number of nitrogens with zero attached hydrogens (tertiary/aromatic N) is 2. The number of likely N-dealkylation sites (tertiary alicyclic amines) is 1. The Morgan fingerprint density at radius 3 is 2.60 bits per heavy atom. The van der Waals surface area contributed by atoms with E-state index in [1.165, 1.54) is 19.4 Å². The molecule has 1 unspecified atom stereocenters. The molecule has 1 aliphatic rings. The van der Waals surface area contributed by atoms with Crippen molar-refractivity contribution in [2.24, 2.45) is 11.7 Å². The summed E-state index contributed by atoms with van der Waals surface area (Å²) in [5.74, 6) is 0.661. The topological polar surface area (TPSA) is 32.5 Å². The predicted molar refractivity (Wildman–Crippen MR) is 66.0 cm³/mol. The van der Waals surface area contributed by atoms with Crippen LogP contribution in [0.2, 0.25) is 0 Å². The molecule has 1 saturated heterocycles. The van der Waals surface area contributed by atoms with Crippen molar-refractivity contribution in [3.8, 4) is 0 Å². The van der Waals surface area contributed by atoms with E-state index in [1.807, 2.05) is 0 Å². The first-order chi connectivity index (χ1) is 6.98. The van der Waals surface area contributed by atoms with E-state index in [0.717, 1.165) is 19.6 Å². The second-order valence-electron chi connectivity index (χ2n) is 5.52. The Morgan fingerprint density at radius 2 is 2.07 bits per heavy atom. The smallest absolute Gasteiger partial charge is 0.0193 e. The number of hydrogen-bond acceptors (Lipinski definition) is 3. The second-order valence-corrected chi connectivity index (χ2v) is 5.52. The lowest BCUT2D eigenvalue weighted by Crippen LogP contribution is -2.56. The summed E-state index contributed by atoms with van der Waals surface area (Å²) in [4.78, 5) is 4.86. The van der Waals surface area contributed by atoms with Crippen LogP contribution in [0, 0.1) is 5.92 Å². The van der Waals surface area contributed by atoms with E-state index in [4.69, 9.17) is 5.73 Å². The number of hydrogen-bond donors (Lipinski definition) is 1. The molecule has 0 amide bonds. The number of rotatable bonds is 4. The van der Waals surface area contributed by atoms with Crippen LogP contribution in [0.5, 0.6) is 0 Å². The molecule has 3 heteroatoms. The summed E-state index contributed by atoms with van der Waals surface area (Å²) in [7, 11) is 4.27. The summed E-state index contributed by atoms with van der Waals surface area (Å²) in [6, 6.07) is 0. The van der Waals surface area contributed by atoms with Crippen molar-refractivity contribution < 1.29 is 0 Å². The lowest BCUT2D eigenvalue weighted by Gasteiger charge is -2.48. The van der Waals surface area contributed by atoms with Crippen molar-refractivity contribution in [2.75, 3.05) is 40.3 Å². The number of nitrogens with two attached hydrogens (primary N) is 1. The minimum atomic E-state index is 0.281. The summed E-state index contributed by atoms with van der Waals surface area (Å²) in [5, 5.41) is 0. The van der Waals surface area contributed by atoms with Gasteiger partial charge in [0.1, 0.15) is 0 Å². The third-order valence-electron chi connectivity index (χ3n) is 3.90. The van der Waals surface area contributed by atoms with Gasteiger partial charge in [-0.05, 0) is 59.8 Å². The lowest BCUT2D eigenvalue weighted by molar-refractivity contribution is 0.0216. The van der Waals surface area contributed by atoms with Gasteiger partial charge in [-0.25, -0.2) is 0 Å². The molecule has 0 aromatic heterocycles. The van der Waals surface area contributed by atoms with Gasteiger partial charge in [-0.3, -0.25) is 4.90 Å². The van der Waals surface area contributed by atoms with Crippen LogP contribution in [0.3, 0.4) is 0 Å². The maximum atomic E-state index is 5.86. The van der Waals surface area contributed by atoms with Crippen LogP contribution in [-0.2, 0) is 0 Å². The fraction of sp³-hybridized carbons (Fsp3) is 1.00. The van der Waals surface area contributed by atoms with Gasteiger partial charge in [0, 0.05) is 18.6 Å². The highest BCUT2D eigenvalue weighted by Crippen LogP contribution is 2.32. The fourth-order valence-electron chi connectivity index (χ4n) is 2.56. The molecule has 0 radical (unpaired) electrons. The quantitative estimate of drug-likeness (QED) is 0.756. The molecular weight excluding hydrogens is 186 g/mol. The average Bonchev–Trinajstić information content (AvgIpc) is 2.15. The molecular formula is C12H27N3. The van der Waals surface area contributed by atoms with E-state index in [2.05, 4.69) is 37.7 Å². The zero-order chi connectivity index (χ0) is 11.5. The van der Waals surface area contributed by atoms with Gasteiger partial charge < -0.3 is 10.6 Å². The van der Waals surface area contributed by atoms with Crippen LogP contribution in [0.25, 0.3) is 0 Å². The Balaban J connectivity index is 2.54. The minimum Gasteiger partial charge on any atom is -0.330 e. The Kier molecular flexibility index (Phi) is 4.56. The Morgan fingerprint density at radius 1 is 1.40 bits per heavy atom. The van der Waals surface area contributed by atoms with Crippen LogP contribution in [-0.4, -0.2) is 55.6 Å². The molecule has 1 heterocycles. The highest BCUT2D eigenvalue weighted by Gasteiger charge is 2.37. The summed E-state index contributed by atoms with van der Waals surface area (Å²) < 4.78 is 0. The van der Waals surface area contributed by atoms with E-state index in [1.54, 1.807) is 0 Å². The molecule has 15 heavy (non-hydrogen) atoms. The molecule has 1 fully saturated rings. The molecule has 0 spiro atoms. The van der Waals surface area contributed by atoms with E-state index in [-0.39, 0.29) is 5.54 Å². The normalized spacial score (nSPS) is 27.2. The highest BCUT2D eigenvalue weighted by atomic mass is 15.2. The molecule has 3 nitrogen and oxygen atoms in total. The maximum Gasteiger partial charge on any atom is 0.0193 e. The summed E-state index contributed by atoms with van der Waals surface area (Å²) in [6.45, 7) is 9.05. The molecule has 0 aliphatic carbocycles. The molecule has 1 aliphatic heterocycles. The van der Waals surface area contributed by atoms with Crippen molar-refractivity contribution in [3.05, 3.63) is 0 Å². The van der Waals surface area contributed by atoms with Crippen molar-refractivity contribution >= 4 is 0 Å². The van der Waals surface area contributed by atoms with Gasteiger partial charge in [0.05, 0.1) is 0 Å². The highest BCUT2D eigenvalue weighted by molar-refractivity contribution is 4.93. The predicted octanol–water partition coefficient (Wildman–Crippen LogP) is 0.997. The molecule has 0 aromatic carbocycles. The monoisotopic (exact) mass is 213 g/mol. The maximum absolute atomic E-state index is 5.86. The first kappa shape index (κ1) is 12.9. The molecule has 2 N–H and O–H groups in total. The van der Waals surface area contributed by atoms with Gasteiger partial charge in [0.15, 0.2) is 0 Å². The van der Waals surface area contributed by atoms with Gasteiger partial charge >= 0.3 is 0 Å². The Bertz CT molecular complexity index is 189. The van der Waals surface area contributed by atoms with Gasteiger partial charge in [0.25, 0.3) is 0 Å². The number of likely N-dealkylation sites (N-methyl/N-ethyl adjacent to an activating group) is 1.